The molecule has 0 aliphatic carbocycles. The van der Waals surface area contributed by atoms with Crippen molar-refractivity contribution < 1.29 is 23.8 Å². The van der Waals surface area contributed by atoms with Gasteiger partial charge >= 0.3 is 0 Å². The van der Waals surface area contributed by atoms with E-state index in [1.807, 2.05) is 0 Å². The zero-order valence-electron chi connectivity index (χ0n) is 22.8. The number of rotatable bonds is 11. The highest BCUT2D eigenvalue weighted by Crippen LogP contribution is 2.49. The fourth-order valence-electron chi connectivity index (χ4n) is 5.55. The third-order valence-electron chi connectivity index (χ3n) is 7.35. The number of hydrogen-bond acceptors (Lipinski definition) is 5. The molecule has 1 saturated heterocycles. The third-order valence-corrected chi connectivity index (χ3v) is 7.94. The van der Waals surface area contributed by atoms with Crippen molar-refractivity contribution in [2.75, 3.05) is 32.1 Å². The first-order valence-corrected chi connectivity index (χ1v) is 14.0. The van der Waals surface area contributed by atoms with E-state index >= 15 is 4.39 Å². The van der Waals surface area contributed by atoms with Crippen molar-refractivity contribution in [3.05, 3.63) is 63.1 Å². The summed E-state index contributed by atoms with van der Waals surface area (Å²) in [6.07, 6.45) is 1.73. The molecule has 4 atom stereocenters. The Morgan fingerprint density at radius 3 is 2.38 bits per heavy atom. The first kappa shape index (κ1) is 31.6. The lowest BCUT2D eigenvalue weighted by Crippen LogP contribution is -2.45. The molecule has 0 bridgehead atoms. The second kappa shape index (κ2) is 13.6. The lowest BCUT2D eigenvalue weighted by Gasteiger charge is -2.31. The molecule has 39 heavy (non-hydrogen) atoms. The van der Waals surface area contributed by atoms with Crippen LogP contribution >= 0.6 is 23.2 Å². The Balaban J connectivity index is 2.08. The molecule has 2 aromatic carbocycles. The van der Waals surface area contributed by atoms with Crippen LogP contribution in [0.1, 0.15) is 63.0 Å². The van der Waals surface area contributed by atoms with Gasteiger partial charge in [-0.1, -0.05) is 56.1 Å². The van der Waals surface area contributed by atoms with Crippen LogP contribution in [0.5, 0.6) is 0 Å². The molecule has 2 aromatic rings. The summed E-state index contributed by atoms with van der Waals surface area (Å²) >= 11 is 12.3. The average Bonchev–Trinajstić information content (AvgIpc) is 3.24. The van der Waals surface area contributed by atoms with Gasteiger partial charge in [-0.05, 0) is 54.0 Å². The standard InChI is InChI=1S/C29H39Cl2F2N3O3/c1-29(2,3)13-23-24(18-11-21(32)20(31)12-22(18)34-4)25(17-8-5-9-19(30)26(17)33)27(36-23)28(39)35-10-6-7-16(14-37)15-38/h5,8-9,11-12,16,23-25,27,34,36-38H,6-7,10,13-15H2,1-4H3,(H,35,39)/t23-,24-,25-,27-/m1/s1. The summed E-state index contributed by atoms with van der Waals surface area (Å²) in [6, 6.07) is 6.48. The van der Waals surface area contributed by atoms with Crippen LogP contribution in [0.15, 0.2) is 30.3 Å². The van der Waals surface area contributed by atoms with Gasteiger partial charge in [-0.15, -0.1) is 0 Å². The molecule has 1 aliphatic rings. The molecule has 216 valence electrons. The van der Waals surface area contributed by atoms with Crippen molar-refractivity contribution in [1.29, 1.82) is 0 Å². The molecule has 0 radical (unpaired) electrons. The largest absolute Gasteiger partial charge is 0.396 e. The van der Waals surface area contributed by atoms with Gasteiger partial charge in [-0.25, -0.2) is 8.78 Å². The molecule has 6 nitrogen and oxygen atoms in total. The van der Waals surface area contributed by atoms with E-state index in [4.69, 9.17) is 23.2 Å². The Bertz CT molecular complexity index is 1140. The van der Waals surface area contributed by atoms with Gasteiger partial charge in [0.25, 0.3) is 0 Å². The van der Waals surface area contributed by atoms with Crippen molar-refractivity contribution in [2.45, 2.75) is 64.0 Å². The Morgan fingerprint density at radius 2 is 1.77 bits per heavy atom. The van der Waals surface area contributed by atoms with Gasteiger partial charge in [0.15, 0.2) is 0 Å². The van der Waals surface area contributed by atoms with Crippen molar-refractivity contribution in [3.8, 4) is 0 Å². The van der Waals surface area contributed by atoms with E-state index in [0.717, 1.165) is 0 Å². The fraction of sp³-hybridized carbons (Fsp3) is 0.552. The normalized spacial score (nSPS) is 21.4. The topological polar surface area (TPSA) is 93.6 Å². The average molecular weight is 587 g/mol. The third kappa shape index (κ3) is 7.61. The van der Waals surface area contributed by atoms with Crippen molar-refractivity contribution in [3.63, 3.8) is 0 Å². The van der Waals surface area contributed by atoms with Crippen LogP contribution in [0.25, 0.3) is 0 Å². The minimum atomic E-state index is -0.828. The van der Waals surface area contributed by atoms with Crippen LogP contribution in [0.2, 0.25) is 10.0 Å². The minimum Gasteiger partial charge on any atom is -0.396 e. The predicted molar refractivity (Wildman–Crippen MR) is 153 cm³/mol. The number of anilines is 1. The quantitative estimate of drug-likeness (QED) is 0.226. The summed E-state index contributed by atoms with van der Waals surface area (Å²) in [5.74, 6) is -2.97. The number of carbonyl (C=O) groups excluding carboxylic acids is 1. The van der Waals surface area contributed by atoms with Gasteiger partial charge in [-0.2, -0.15) is 0 Å². The number of amides is 1. The smallest absolute Gasteiger partial charge is 0.237 e. The zero-order chi connectivity index (χ0) is 28.9. The van der Waals surface area contributed by atoms with E-state index in [1.54, 1.807) is 19.2 Å². The first-order chi connectivity index (χ1) is 18.4. The Kier molecular flexibility index (Phi) is 11.0. The van der Waals surface area contributed by atoms with E-state index < -0.39 is 29.5 Å². The second-order valence-electron chi connectivity index (χ2n) is 11.5. The lowest BCUT2D eigenvalue weighted by atomic mass is 9.73. The molecule has 0 spiro atoms. The first-order valence-electron chi connectivity index (χ1n) is 13.3. The van der Waals surface area contributed by atoms with Gasteiger partial charge in [0.05, 0.1) is 16.1 Å². The molecule has 1 amide bonds. The number of hydrogen-bond donors (Lipinski definition) is 5. The van der Waals surface area contributed by atoms with E-state index in [1.165, 1.54) is 18.2 Å². The van der Waals surface area contributed by atoms with E-state index in [0.29, 0.717) is 37.1 Å². The van der Waals surface area contributed by atoms with Gasteiger partial charge in [0.2, 0.25) is 5.91 Å². The van der Waals surface area contributed by atoms with Crippen molar-refractivity contribution in [2.24, 2.45) is 11.3 Å². The van der Waals surface area contributed by atoms with Gasteiger partial charge in [0.1, 0.15) is 11.6 Å². The van der Waals surface area contributed by atoms with Crippen LogP contribution in [0.3, 0.4) is 0 Å². The molecule has 1 fully saturated rings. The molecule has 5 N–H and O–H groups in total. The van der Waals surface area contributed by atoms with Gasteiger partial charge in [-0.3, -0.25) is 4.79 Å². The number of halogens is 4. The molecule has 0 unspecified atom stereocenters. The van der Waals surface area contributed by atoms with Crippen LogP contribution in [-0.4, -0.2) is 55.0 Å². The highest BCUT2D eigenvalue weighted by molar-refractivity contribution is 6.31. The van der Waals surface area contributed by atoms with E-state index in [-0.39, 0.29) is 52.1 Å². The molecule has 3 rings (SSSR count). The van der Waals surface area contributed by atoms with Gasteiger partial charge in [0, 0.05) is 56.3 Å². The fourth-order valence-corrected chi connectivity index (χ4v) is 5.89. The summed E-state index contributed by atoms with van der Waals surface area (Å²) in [5, 5.41) is 28.0. The highest BCUT2D eigenvalue weighted by Gasteiger charge is 2.50. The monoisotopic (exact) mass is 585 g/mol. The van der Waals surface area contributed by atoms with Crippen LogP contribution in [-0.2, 0) is 4.79 Å². The summed E-state index contributed by atoms with van der Waals surface area (Å²) in [5.41, 5.74) is 1.30. The molecule has 10 heteroatoms. The number of aliphatic hydroxyl groups is 2. The number of aliphatic hydroxyl groups excluding tert-OH is 2. The summed E-state index contributed by atoms with van der Waals surface area (Å²) < 4.78 is 30.5. The molecule has 1 aliphatic heterocycles. The highest BCUT2D eigenvalue weighted by atomic mass is 35.5. The molecular formula is C29H39Cl2F2N3O3. The Morgan fingerprint density at radius 1 is 1.08 bits per heavy atom. The van der Waals surface area contributed by atoms with Crippen molar-refractivity contribution >= 4 is 34.8 Å². The van der Waals surface area contributed by atoms with Crippen LogP contribution in [0, 0.1) is 23.0 Å². The predicted octanol–water partition coefficient (Wildman–Crippen LogP) is 5.45. The lowest BCUT2D eigenvalue weighted by molar-refractivity contribution is -0.123. The van der Waals surface area contributed by atoms with E-state index in [2.05, 4.69) is 36.7 Å². The van der Waals surface area contributed by atoms with Crippen molar-refractivity contribution in [1.82, 2.24) is 10.6 Å². The summed E-state index contributed by atoms with van der Waals surface area (Å²) in [4.78, 5) is 13.6. The molecular weight excluding hydrogens is 547 g/mol. The summed E-state index contributed by atoms with van der Waals surface area (Å²) in [7, 11) is 1.71. The van der Waals surface area contributed by atoms with Crippen LogP contribution < -0.4 is 16.0 Å². The number of carbonyl (C=O) groups is 1. The van der Waals surface area contributed by atoms with E-state index in [9.17, 15) is 19.4 Å². The molecule has 1 heterocycles. The maximum atomic E-state index is 15.6. The number of nitrogens with one attached hydrogen (secondary N) is 3. The SMILES string of the molecule is CNc1cc(Cl)c(F)cc1[C@H]1[C@@H](c2cccc(Cl)c2F)[C@H](C(=O)NCCCC(CO)CO)N[C@@H]1CC(C)(C)C. The second-order valence-corrected chi connectivity index (χ2v) is 12.3. The summed E-state index contributed by atoms with van der Waals surface area (Å²) in [6.45, 7) is 6.29. The Labute approximate surface area is 239 Å². The zero-order valence-corrected chi connectivity index (χ0v) is 24.3. The molecule has 0 saturated carbocycles. The maximum absolute atomic E-state index is 15.6. The minimum absolute atomic E-state index is 0.0368. The maximum Gasteiger partial charge on any atom is 0.237 e. The van der Waals surface area contributed by atoms with Crippen LogP contribution in [0.4, 0.5) is 14.5 Å². The Hall–Kier alpha value is -1.97. The molecule has 0 aromatic heterocycles. The van der Waals surface area contributed by atoms with Gasteiger partial charge < -0.3 is 26.2 Å². The number of benzene rings is 2.